The first kappa shape index (κ1) is 14.3. The molecule has 0 aliphatic carbocycles. The molecule has 7 heteroatoms. The number of rotatable bonds is 5. The van der Waals surface area contributed by atoms with Gasteiger partial charge < -0.3 is 11.6 Å². The van der Waals surface area contributed by atoms with Crippen LogP contribution in [0.1, 0.15) is 14.3 Å². The minimum absolute atomic E-state index is 0. The molecule has 0 fully saturated rings. The summed E-state index contributed by atoms with van der Waals surface area (Å²) in [5, 5.41) is 16.3. The van der Waals surface area contributed by atoms with Crippen LogP contribution in [0.15, 0.2) is 0 Å². The van der Waals surface area contributed by atoms with Gasteiger partial charge >= 0.3 is 38.2 Å². The maximum atomic E-state index is 10.6. The molecule has 0 heterocycles. The van der Waals surface area contributed by atoms with Crippen molar-refractivity contribution in [1.82, 2.24) is 0 Å². The molecule has 0 aliphatic rings. The van der Waals surface area contributed by atoms with Gasteiger partial charge in [-0.2, -0.15) is 0 Å². The molecular weight excluding hydrogens is 178 g/mol. The van der Waals surface area contributed by atoms with Gasteiger partial charge in [-0.3, -0.25) is 4.79 Å². The van der Waals surface area contributed by atoms with Gasteiger partial charge in [0.1, 0.15) is 0 Å². The number of carbonyl (C=O) groups is 2. The summed E-state index contributed by atoms with van der Waals surface area (Å²) in [6, 6.07) is 0. The van der Waals surface area contributed by atoms with Crippen molar-refractivity contribution in [2.75, 3.05) is 6.35 Å². The van der Waals surface area contributed by atoms with Gasteiger partial charge in [0.2, 0.25) is 0 Å². The van der Waals surface area contributed by atoms with E-state index in [0.717, 1.165) is 0 Å². The molecule has 0 aromatic heterocycles. The van der Waals surface area contributed by atoms with E-state index in [9.17, 15) is 14.2 Å². The number of aliphatic hydroxyl groups excluding tert-OH is 1. The molecule has 0 aromatic carbocycles. The van der Waals surface area contributed by atoms with Gasteiger partial charge in [-0.25, -0.2) is 4.79 Å². The van der Waals surface area contributed by atoms with Crippen molar-refractivity contribution in [3.05, 3.63) is 0 Å². The van der Waals surface area contributed by atoms with Crippen molar-refractivity contribution in [2.24, 2.45) is 0 Å². The van der Waals surface area contributed by atoms with Crippen LogP contribution in [0.4, 0.5) is 0 Å². The summed E-state index contributed by atoms with van der Waals surface area (Å²) in [7, 11) is -2.27. The Hall–Kier alpha value is -0.203. The summed E-state index contributed by atoms with van der Waals surface area (Å²) in [5.74, 6) is -1.11. The van der Waals surface area contributed by atoms with Gasteiger partial charge in [0.15, 0.2) is 0 Å². The van der Waals surface area contributed by atoms with Crippen molar-refractivity contribution in [2.45, 2.75) is 12.8 Å². The van der Waals surface area contributed by atoms with E-state index < -0.39 is 25.6 Å². The average Bonchev–Trinajstić information content (AvgIpc) is 1.98. The van der Waals surface area contributed by atoms with Gasteiger partial charge in [-0.15, -0.1) is 0 Å². The molecule has 0 aliphatic heterocycles. The number of hydrogen-bond donors (Lipinski definition) is 2. The summed E-state index contributed by atoms with van der Waals surface area (Å²) >= 11 is 0. The Morgan fingerprint density at radius 1 is 1.33 bits per heavy atom. The molecule has 0 radical (unpaired) electrons. The minimum Gasteiger partial charge on any atom is -1.00 e. The second-order valence-corrected chi connectivity index (χ2v) is 3.35. The topological polar surface area (TPSA) is 91.7 Å². The summed E-state index contributed by atoms with van der Waals surface area (Å²) < 4.78 is 10.5. The van der Waals surface area contributed by atoms with Crippen LogP contribution in [0, 0.1) is 0 Å². The molecule has 1 atom stereocenters. The first-order valence-electron chi connectivity index (χ1n) is 2.88. The standard InChI is InChI=1S/C5H7O5P.Li.H/c6-3-11(10)5(9)2-1-4(7)8;;/h6H,1-3H2;;/q;+1;-1/p+1. The summed E-state index contributed by atoms with van der Waals surface area (Å²) in [5.41, 5.74) is -0.690. The predicted octanol–water partition coefficient (Wildman–Crippen LogP) is -2.73. The number of hydrogen-bond acceptors (Lipinski definition) is 4. The maximum absolute atomic E-state index is 10.6. The van der Waals surface area contributed by atoms with E-state index in [1.54, 1.807) is 0 Å². The van der Waals surface area contributed by atoms with Crippen LogP contribution in [-0.4, -0.2) is 28.1 Å². The third kappa shape index (κ3) is 6.50. The first-order valence-corrected chi connectivity index (χ1v) is 4.32. The zero-order valence-electron chi connectivity index (χ0n) is 7.69. The zero-order chi connectivity index (χ0) is 8.85. The third-order valence-corrected chi connectivity index (χ3v) is 2.00. The molecule has 5 nitrogen and oxygen atoms in total. The van der Waals surface area contributed by atoms with E-state index in [-0.39, 0.29) is 33.1 Å². The molecule has 0 amide bonds. The van der Waals surface area contributed by atoms with Crippen molar-refractivity contribution in [1.29, 1.82) is 0 Å². The Morgan fingerprint density at radius 2 is 1.83 bits per heavy atom. The van der Waals surface area contributed by atoms with Crippen molar-refractivity contribution in [3.8, 4) is 0 Å². The molecule has 0 aromatic rings. The second-order valence-electron chi connectivity index (χ2n) is 1.81. The number of carboxylic acids is 1. The monoisotopic (exact) mass is 187 g/mol. The SMILES string of the molecule is O=C(O)CCC(=O)[P+](=O)CO.[H-].[Li+]. The van der Waals surface area contributed by atoms with Crippen molar-refractivity contribution < 1.29 is 44.7 Å². The van der Waals surface area contributed by atoms with Gasteiger partial charge in [0.05, 0.1) is 12.8 Å². The zero-order valence-corrected chi connectivity index (χ0v) is 7.58. The van der Waals surface area contributed by atoms with E-state index in [2.05, 4.69) is 0 Å². The first-order chi connectivity index (χ1) is 5.07. The van der Waals surface area contributed by atoms with Gasteiger partial charge in [-0.1, -0.05) is 4.57 Å². The van der Waals surface area contributed by atoms with Crippen LogP contribution in [0.3, 0.4) is 0 Å². The molecule has 2 N–H and O–H groups in total. The van der Waals surface area contributed by atoms with Crippen molar-refractivity contribution >= 4 is 19.3 Å². The minimum atomic E-state index is -2.27. The average molecular weight is 187 g/mol. The molecule has 0 spiro atoms. The van der Waals surface area contributed by atoms with Gasteiger partial charge in [-0.05, 0) is 0 Å². The molecular formula is C5H9LiO5P+. The Bertz CT molecular complexity index is 197. The van der Waals surface area contributed by atoms with E-state index in [0.29, 0.717) is 0 Å². The Kier molecular flexibility index (Phi) is 8.89. The van der Waals surface area contributed by atoms with Gasteiger partial charge in [0.25, 0.3) is 6.35 Å². The van der Waals surface area contributed by atoms with Crippen LogP contribution in [-0.2, 0) is 14.2 Å². The molecule has 1 unspecified atom stereocenters. The summed E-state index contributed by atoms with van der Waals surface area (Å²) in [4.78, 5) is 20.5. The number of carbonyl (C=O) groups excluding carboxylic acids is 1. The quantitative estimate of drug-likeness (QED) is 0.360. The third-order valence-electron chi connectivity index (χ3n) is 0.959. The number of aliphatic carboxylic acids is 1. The van der Waals surface area contributed by atoms with Crippen LogP contribution >= 0.6 is 7.80 Å². The van der Waals surface area contributed by atoms with Crippen LogP contribution in [0.2, 0.25) is 0 Å². The fraction of sp³-hybridized carbons (Fsp3) is 0.600. The Balaban J connectivity index is -0.000000500. The van der Waals surface area contributed by atoms with E-state index >= 15 is 0 Å². The fourth-order valence-electron chi connectivity index (χ4n) is 0.417. The van der Waals surface area contributed by atoms with Crippen molar-refractivity contribution in [3.63, 3.8) is 0 Å². The number of carboxylic acid groups (broad SMARTS) is 1. The van der Waals surface area contributed by atoms with Crippen LogP contribution in [0.25, 0.3) is 0 Å². The molecule has 0 saturated heterocycles. The fourth-order valence-corrected chi connectivity index (χ4v) is 0.936. The van der Waals surface area contributed by atoms with E-state index in [1.807, 2.05) is 0 Å². The van der Waals surface area contributed by atoms with E-state index in [4.69, 9.17) is 10.2 Å². The maximum Gasteiger partial charge on any atom is 1.00 e. The van der Waals surface area contributed by atoms with E-state index in [1.165, 1.54) is 0 Å². The van der Waals surface area contributed by atoms with Crippen LogP contribution in [0.5, 0.6) is 0 Å². The number of aliphatic hydroxyl groups is 1. The molecule has 64 valence electrons. The molecule has 12 heavy (non-hydrogen) atoms. The normalized spacial score (nSPS) is 9.92. The molecule has 0 bridgehead atoms. The smallest absolute Gasteiger partial charge is 1.00 e. The summed E-state index contributed by atoms with van der Waals surface area (Å²) in [6.07, 6.45) is -1.31. The molecule has 0 rings (SSSR count). The Labute approximate surface area is 83.6 Å². The largest absolute Gasteiger partial charge is 1.00 e. The predicted molar refractivity (Wildman–Crippen MR) is 37.7 cm³/mol. The van der Waals surface area contributed by atoms with Gasteiger partial charge in [0, 0.05) is 0 Å². The summed E-state index contributed by atoms with van der Waals surface area (Å²) in [6.45, 7) is 0. The Morgan fingerprint density at radius 3 is 2.17 bits per heavy atom. The molecule has 0 saturated carbocycles. The van der Waals surface area contributed by atoms with Crippen LogP contribution < -0.4 is 18.9 Å². The second kappa shape index (κ2) is 7.45.